The Hall–Kier alpha value is -4.11. The number of hydrogen-bond acceptors (Lipinski definition) is 10. The van der Waals surface area contributed by atoms with Crippen LogP contribution in [0.3, 0.4) is 0 Å². The molecule has 1 aromatic heterocycles. The number of aromatic nitrogens is 2. The van der Waals surface area contributed by atoms with Gasteiger partial charge in [0.2, 0.25) is 5.95 Å². The lowest BCUT2D eigenvalue weighted by Crippen LogP contribution is -2.56. The summed E-state index contributed by atoms with van der Waals surface area (Å²) >= 11 is 0. The Kier molecular flexibility index (Phi) is 9.73. The number of likely N-dealkylation sites (tertiary alicyclic amines) is 1. The predicted molar refractivity (Wildman–Crippen MR) is 178 cm³/mol. The van der Waals surface area contributed by atoms with Crippen LogP contribution >= 0.6 is 0 Å². The van der Waals surface area contributed by atoms with Gasteiger partial charge >= 0.3 is 12.2 Å². The summed E-state index contributed by atoms with van der Waals surface area (Å²) in [6.07, 6.45) is 4.95. The van der Waals surface area contributed by atoms with Crippen molar-refractivity contribution in [1.29, 1.82) is 5.26 Å². The number of hydrogen-bond donors (Lipinski definition) is 1. The average Bonchev–Trinajstić information content (AvgIpc) is 3.63. The van der Waals surface area contributed by atoms with Gasteiger partial charge in [-0.3, -0.25) is 0 Å². The molecule has 2 amide bonds. The molecular weight excluding hydrogens is 596 g/mol. The molecule has 2 aromatic rings. The van der Waals surface area contributed by atoms with Gasteiger partial charge in [-0.05, 0) is 71.5 Å². The van der Waals surface area contributed by atoms with E-state index in [1.54, 1.807) is 9.80 Å². The molecule has 3 fully saturated rings. The maximum Gasteiger partial charge on any atom is 0.410 e. The molecule has 1 atom stereocenters. The number of amides is 2. The number of nitrogens with one attached hydrogen (secondary N) is 1. The van der Waals surface area contributed by atoms with Crippen LogP contribution in [-0.4, -0.2) is 101 Å². The van der Waals surface area contributed by atoms with E-state index in [1.807, 2.05) is 51.1 Å². The minimum Gasteiger partial charge on any atom is -0.445 e. The smallest absolute Gasteiger partial charge is 0.410 e. The van der Waals surface area contributed by atoms with Crippen LogP contribution < -0.4 is 10.2 Å². The lowest BCUT2D eigenvalue weighted by molar-refractivity contribution is 0.0221. The fraction of sp³-hybridized carbons (Fsp3) is 0.629. The number of piperazine rings is 1. The number of fused-ring (bicyclic) bond motifs is 1. The first kappa shape index (κ1) is 32.8. The van der Waals surface area contributed by atoms with Crippen LogP contribution in [0.25, 0.3) is 0 Å². The molecule has 3 aliphatic heterocycles. The summed E-state index contributed by atoms with van der Waals surface area (Å²) in [5.41, 5.74) is 2.38. The van der Waals surface area contributed by atoms with Crippen molar-refractivity contribution >= 4 is 24.0 Å². The summed E-state index contributed by atoms with van der Waals surface area (Å²) < 4.78 is 11.3. The van der Waals surface area contributed by atoms with E-state index in [2.05, 4.69) is 21.2 Å². The predicted octanol–water partition coefficient (Wildman–Crippen LogP) is 4.80. The van der Waals surface area contributed by atoms with E-state index in [-0.39, 0.29) is 30.6 Å². The van der Waals surface area contributed by atoms with Crippen molar-refractivity contribution in [1.82, 2.24) is 24.7 Å². The van der Waals surface area contributed by atoms with Gasteiger partial charge in [0.1, 0.15) is 18.0 Å². The monoisotopic (exact) mass is 644 g/mol. The van der Waals surface area contributed by atoms with E-state index >= 15 is 0 Å². The van der Waals surface area contributed by atoms with Gasteiger partial charge < -0.3 is 34.4 Å². The standard InChI is InChI=1S/C35H48N8O4/c1-34(2,3)47-32(44)42-18-12-28-29(22-42)38-31(37-24-35(13-14-35)25-40-16-7-8-17-40)39-30(28)41-19-20-43(27(21-41)11-15-36)33(45)46-23-26-9-5-4-6-10-26/h4-6,9-10,27H,7-8,11-14,16-25H2,1-3H3,(H,37,38,39)/t27-/m0/s1. The zero-order valence-corrected chi connectivity index (χ0v) is 28.0. The van der Waals surface area contributed by atoms with Crippen LogP contribution in [0.15, 0.2) is 30.3 Å². The molecule has 4 heterocycles. The molecule has 0 spiro atoms. The first-order valence-electron chi connectivity index (χ1n) is 17.0. The molecule has 252 valence electrons. The third kappa shape index (κ3) is 8.25. The van der Waals surface area contributed by atoms with Gasteiger partial charge in [0, 0.05) is 50.2 Å². The van der Waals surface area contributed by atoms with Crippen molar-refractivity contribution in [3.05, 3.63) is 47.2 Å². The minimum absolute atomic E-state index is 0.181. The molecule has 1 N–H and O–H groups in total. The first-order valence-corrected chi connectivity index (χ1v) is 17.0. The van der Waals surface area contributed by atoms with Gasteiger partial charge in [-0.15, -0.1) is 0 Å². The van der Waals surface area contributed by atoms with Crippen molar-refractivity contribution in [3.8, 4) is 6.07 Å². The van der Waals surface area contributed by atoms with Crippen LogP contribution in [0.4, 0.5) is 21.4 Å². The lowest BCUT2D eigenvalue weighted by Gasteiger charge is -2.41. The minimum atomic E-state index is -0.591. The van der Waals surface area contributed by atoms with Gasteiger partial charge in [0.25, 0.3) is 0 Å². The first-order chi connectivity index (χ1) is 22.6. The van der Waals surface area contributed by atoms with Crippen molar-refractivity contribution in [2.75, 3.05) is 62.6 Å². The number of ether oxygens (including phenoxy) is 2. The van der Waals surface area contributed by atoms with Crippen LogP contribution in [0.1, 0.15) is 69.7 Å². The number of carbonyl (C=O) groups excluding carboxylic acids is 2. The SMILES string of the molecule is CC(C)(C)OC(=O)N1CCc2c(nc(NCC3(CN4CCCC4)CC3)nc2N2CCN(C(=O)OCc3ccccc3)[C@@H](CC#N)C2)C1. The van der Waals surface area contributed by atoms with Crippen LogP contribution in [-0.2, 0) is 29.0 Å². The highest BCUT2D eigenvalue weighted by Crippen LogP contribution is 2.46. The van der Waals surface area contributed by atoms with Crippen molar-refractivity contribution in [2.24, 2.45) is 5.41 Å². The molecule has 1 aliphatic carbocycles. The number of rotatable bonds is 9. The van der Waals surface area contributed by atoms with Crippen molar-refractivity contribution < 1.29 is 19.1 Å². The zero-order chi connectivity index (χ0) is 33.0. The average molecular weight is 645 g/mol. The third-order valence-electron chi connectivity index (χ3n) is 9.58. The Bertz CT molecular complexity index is 1460. The maximum atomic E-state index is 13.2. The quantitative estimate of drug-likeness (QED) is 0.407. The molecular formula is C35H48N8O4. The van der Waals surface area contributed by atoms with Crippen molar-refractivity contribution in [2.45, 2.75) is 84.1 Å². The molecule has 0 unspecified atom stereocenters. The van der Waals surface area contributed by atoms with E-state index in [0.717, 1.165) is 35.7 Å². The highest BCUT2D eigenvalue weighted by Gasteiger charge is 2.44. The summed E-state index contributed by atoms with van der Waals surface area (Å²) in [4.78, 5) is 44.4. The van der Waals surface area contributed by atoms with Gasteiger partial charge in [-0.2, -0.15) is 10.2 Å². The zero-order valence-electron chi connectivity index (χ0n) is 28.0. The molecule has 0 bridgehead atoms. The topological polar surface area (TPSA) is 127 Å². The van der Waals surface area contributed by atoms with Gasteiger partial charge in [-0.1, -0.05) is 30.3 Å². The third-order valence-corrected chi connectivity index (χ3v) is 9.58. The molecule has 1 aromatic carbocycles. The van der Waals surface area contributed by atoms with Crippen LogP contribution in [0.2, 0.25) is 0 Å². The summed E-state index contributed by atoms with van der Waals surface area (Å²) in [6.45, 7) is 12.3. The van der Waals surface area contributed by atoms with Gasteiger partial charge in [-0.25, -0.2) is 14.6 Å². The Balaban J connectivity index is 1.20. The summed E-state index contributed by atoms with van der Waals surface area (Å²) in [5.74, 6) is 1.37. The number of nitriles is 1. The highest BCUT2D eigenvalue weighted by molar-refractivity contribution is 5.70. The van der Waals surface area contributed by atoms with Crippen molar-refractivity contribution in [3.63, 3.8) is 0 Å². The fourth-order valence-electron chi connectivity index (χ4n) is 6.85. The summed E-state index contributed by atoms with van der Waals surface area (Å²) in [6, 6.07) is 11.5. The molecule has 1 saturated carbocycles. The van der Waals surface area contributed by atoms with E-state index in [1.165, 1.54) is 38.8 Å². The normalized spacial score (nSPS) is 20.7. The molecule has 2 saturated heterocycles. The number of nitrogens with zero attached hydrogens (tertiary/aromatic N) is 7. The molecule has 47 heavy (non-hydrogen) atoms. The second-order valence-corrected chi connectivity index (χ2v) is 14.5. The number of benzene rings is 1. The number of carbonyl (C=O) groups is 2. The van der Waals surface area contributed by atoms with Crippen LogP contribution in [0, 0.1) is 16.7 Å². The fourth-order valence-corrected chi connectivity index (χ4v) is 6.85. The second-order valence-electron chi connectivity index (χ2n) is 14.5. The Morgan fingerprint density at radius 2 is 1.81 bits per heavy atom. The number of anilines is 2. The Labute approximate surface area is 278 Å². The van der Waals surface area contributed by atoms with Gasteiger partial charge in [0.05, 0.1) is 30.8 Å². The summed E-state index contributed by atoms with van der Waals surface area (Å²) in [7, 11) is 0. The van der Waals surface area contributed by atoms with Crippen LogP contribution in [0.5, 0.6) is 0 Å². The largest absolute Gasteiger partial charge is 0.445 e. The molecule has 0 radical (unpaired) electrons. The van der Waals surface area contributed by atoms with E-state index in [0.29, 0.717) is 45.1 Å². The van der Waals surface area contributed by atoms with E-state index in [9.17, 15) is 14.9 Å². The Morgan fingerprint density at radius 1 is 1.04 bits per heavy atom. The molecule has 6 rings (SSSR count). The van der Waals surface area contributed by atoms with E-state index in [4.69, 9.17) is 19.4 Å². The van der Waals surface area contributed by atoms with E-state index < -0.39 is 11.7 Å². The van der Waals surface area contributed by atoms with Gasteiger partial charge in [0.15, 0.2) is 0 Å². The highest BCUT2D eigenvalue weighted by atomic mass is 16.6. The summed E-state index contributed by atoms with van der Waals surface area (Å²) in [5, 5.41) is 13.3. The second kappa shape index (κ2) is 13.9. The molecule has 4 aliphatic rings. The molecule has 12 heteroatoms. The Morgan fingerprint density at radius 3 is 2.51 bits per heavy atom. The lowest BCUT2D eigenvalue weighted by atomic mass is 10.0. The molecule has 12 nitrogen and oxygen atoms in total. The maximum absolute atomic E-state index is 13.2.